The smallest absolute Gasteiger partial charge is 0.253 e. The summed E-state index contributed by atoms with van der Waals surface area (Å²) in [5, 5.41) is 0.976. The molecule has 1 saturated heterocycles. The summed E-state index contributed by atoms with van der Waals surface area (Å²) in [6, 6.07) is 20.5. The number of carbonyl (C=O) groups excluding carboxylic acids is 1. The molecule has 0 saturated carbocycles. The molecule has 1 amide bonds. The number of aromatic nitrogens is 3. The average Bonchev–Trinajstić information content (AvgIpc) is 3.21. The van der Waals surface area contributed by atoms with E-state index in [0.29, 0.717) is 0 Å². The van der Waals surface area contributed by atoms with E-state index in [-0.39, 0.29) is 5.91 Å². The lowest BCUT2D eigenvalue weighted by Crippen LogP contribution is -2.37. The summed E-state index contributed by atoms with van der Waals surface area (Å²) in [4.78, 5) is 24.0. The van der Waals surface area contributed by atoms with E-state index in [4.69, 9.17) is 4.98 Å². The maximum absolute atomic E-state index is 12.8. The van der Waals surface area contributed by atoms with Crippen LogP contribution in [0, 0.1) is 5.92 Å². The number of rotatable bonds is 6. The number of hydrogen-bond acceptors (Lipinski definition) is 4. The number of benzene rings is 2. The summed E-state index contributed by atoms with van der Waals surface area (Å²) in [7, 11) is 0. The van der Waals surface area contributed by atoms with E-state index >= 15 is 0 Å². The van der Waals surface area contributed by atoms with Gasteiger partial charge in [-0.05, 0) is 48.1 Å². The molecule has 1 fully saturated rings. The van der Waals surface area contributed by atoms with Gasteiger partial charge in [-0.1, -0.05) is 61.2 Å². The topological polar surface area (TPSA) is 51.0 Å². The van der Waals surface area contributed by atoms with Gasteiger partial charge in [0.25, 0.3) is 5.91 Å². The SMILES string of the molecule is CC1CCN(C(=O)c2ccc(CSc3nc4ccncc4n3Cc3ccccc3)cc2)CC1. The zero-order chi connectivity index (χ0) is 22.6. The van der Waals surface area contributed by atoms with Crippen LogP contribution in [0.15, 0.2) is 78.2 Å². The molecular formula is C27H28N4OS. The lowest BCUT2D eigenvalue weighted by Gasteiger charge is -2.30. The Morgan fingerprint density at radius 2 is 1.76 bits per heavy atom. The van der Waals surface area contributed by atoms with E-state index < -0.39 is 0 Å². The monoisotopic (exact) mass is 456 g/mol. The zero-order valence-corrected chi connectivity index (χ0v) is 19.7. The number of pyridine rings is 1. The van der Waals surface area contributed by atoms with Crippen LogP contribution in [0.5, 0.6) is 0 Å². The largest absolute Gasteiger partial charge is 0.339 e. The van der Waals surface area contributed by atoms with E-state index in [9.17, 15) is 4.79 Å². The molecule has 0 atom stereocenters. The van der Waals surface area contributed by atoms with Crippen LogP contribution in [0.2, 0.25) is 0 Å². The van der Waals surface area contributed by atoms with E-state index in [1.54, 1.807) is 18.0 Å². The first-order valence-electron chi connectivity index (χ1n) is 11.5. The standard InChI is InChI=1S/C27H28N4OS/c1-20-12-15-30(16-13-20)26(32)23-9-7-22(8-10-23)19-33-27-29-24-11-14-28-17-25(24)31(27)18-21-5-3-2-4-6-21/h2-11,14,17,20H,12-13,15-16,18-19H2,1H3. The van der Waals surface area contributed by atoms with Gasteiger partial charge >= 0.3 is 0 Å². The van der Waals surface area contributed by atoms with Gasteiger partial charge in [-0.2, -0.15) is 0 Å². The van der Waals surface area contributed by atoms with Gasteiger partial charge in [0.15, 0.2) is 5.16 Å². The highest BCUT2D eigenvalue weighted by molar-refractivity contribution is 7.98. The van der Waals surface area contributed by atoms with Gasteiger partial charge in [0.1, 0.15) is 0 Å². The van der Waals surface area contributed by atoms with Crippen molar-refractivity contribution in [2.75, 3.05) is 13.1 Å². The minimum Gasteiger partial charge on any atom is -0.339 e. The number of hydrogen-bond donors (Lipinski definition) is 0. The molecule has 0 N–H and O–H groups in total. The number of fused-ring (bicyclic) bond motifs is 1. The van der Waals surface area contributed by atoms with Crippen molar-refractivity contribution in [3.8, 4) is 0 Å². The predicted molar refractivity (Wildman–Crippen MR) is 133 cm³/mol. The molecule has 4 aromatic rings. The molecule has 6 heteroatoms. The fraction of sp³-hybridized carbons (Fsp3) is 0.296. The van der Waals surface area contributed by atoms with Crippen molar-refractivity contribution >= 4 is 28.7 Å². The Balaban J connectivity index is 1.30. The molecule has 33 heavy (non-hydrogen) atoms. The zero-order valence-electron chi connectivity index (χ0n) is 18.9. The lowest BCUT2D eigenvalue weighted by molar-refractivity contribution is 0.0697. The summed E-state index contributed by atoms with van der Waals surface area (Å²) in [5.74, 6) is 1.66. The van der Waals surface area contributed by atoms with Gasteiger partial charge in [-0.15, -0.1) is 0 Å². The molecule has 0 spiro atoms. The Labute approximate surface area is 198 Å². The second kappa shape index (κ2) is 9.79. The summed E-state index contributed by atoms with van der Waals surface area (Å²) in [6.07, 6.45) is 5.87. The molecular weight excluding hydrogens is 428 g/mol. The number of carbonyl (C=O) groups is 1. The van der Waals surface area contributed by atoms with Crippen LogP contribution in [0.25, 0.3) is 11.0 Å². The highest BCUT2D eigenvalue weighted by Gasteiger charge is 2.21. The van der Waals surface area contributed by atoms with E-state index in [1.165, 1.54) is 11.1 Å². The van der Waals surface area contributed by atoms with Crippen LogP contribution < -0.4 is 0 Å². The maximum Gasteiger partial charge on any atom is 0.253 e. The fourth-order valence-electron chi connectivity index (χ4n) is 4.26. The first kappa shape index (κ1) is 21.7. The van der Waals surface area contributed by atoms with Crippen LogP contribution in [-0.2, 0) is 12.3 Å². The molecule has 168 valence electrons. The quantitative estimate of drug-likeness (QED) is 0.352. The number of thioether (sulfide) groups is 1. The second-order valence-electron chi connectivity index (χ2n) is 8.79. The third-order valence-corrected chi connectivity index (χ3v) is 7.39. The first-order valence-corrected chi connectivity index (χ1v) is 12.5. The van der Waals surface area contributed by atoms with E-state index in [1.807, 2.05) is 35.4 Å². The number of imidazole rings is 1. The van der Waals surface area contributed by atoms with Gasteiger partial charge in [-0.3, -0.25) is 9.78 Å². The molecule has 5 nitrogen and oxygen atoms in total. The number of amides is 1. The van der Waals surface area contributed by atoms with Gasteiger partial charge in [0, 0.05) is 30.6 Å². The van der Waals surface area contributed by atoms with Gasteiger partial charge in [0.2, 0.25) is 0 Å². The molecule has 0 radical (unpaired) electrons. The second-order valence-corrected chi connectivity index (χ2v) is 9.73. The van der Waals surface area contributed by atoms with Gasteiger partial charge in [-0.25, -0.2) is 4.98 Å². The normalized spacial score (nSPS) is 14.6. The molecule has 0 unspecified atom stereocenters. The predicted octanol–water partition coefficient (Wildman–Crippen LogP) is 5.64. The summed E-state index contributed by atoms with van der Waals surface area (Å²) in [6.45, 7) is 4.75. The Hall–Kier alpha value is -3.12. The maximum atomic E-state index is 12.8. The Bertz CT molecular complexity index is 1230. The van der Waals surface area contributed by atoms with Crippen molar-refractivity contribution in [3.05, 3.63) is 89.7 Å². The Morgan fingerprint density at radius 3 is 2.52 bits per heavy atom. The molecule has 3 heterocycles. The summed E-state index contributed by atoms with van der Waals surface area (Å²) >= 11 is 1.72. The van der Waals surface area contributed by atoms with Crippen LogP contribution in [0.3, 0.4) is 0 Å². The minimum absolute atomic E-state index is 0.151. The van der Waals surface area contributed by atoms with Crippen molar-refractivity contribution in [3.63, 3.8) is 0 Å². The van der Waals surface area contributed by atoms with Crippen molar-refractivity contribution in [2.24, 2.45) is 5.92 Å². The number of likely N-dealkylation sites (tertiary alicyclic amines) is 1. The molecule has 0 aliphatic carbocycles. The van der Waals surface area contributed by atoms with Gasteiger partial charge in [0.05, 0.1) is 23.8 Å². The summed E-state index contributed by atoms with van der Waals surface area (Å²) < 4.78 is 2.23. The van der Waals surface area contributed by atoms with Crippen molar-refractivity contribution in [1.82, 2.24) is 19.4 Å². The molecule has 0 bridgehead atoms. The molecule has 2 aromatic heterocycles. The Kier molecular flexibility index (Phi) is 6.44. The van der Waals surface area contributed by atoms with Crippen molar-refractivity contribution in [1.29, 1.82) is 0 Å². The van der Waals surface area contributed by atoms with Gasteiger partial charge < -0.3 is 9.47 Å². The first-order chi connectivity index (χ1) is 16.2. The third-order valence-electron chi connectivity index (χ3n) is 6.34. The lowest BCUT2D eigenvalue weighted by atomic mass is 9.98. The van der Waals surface area contributed by atoms with Crippen LogP contribution in [0.4, 0.5) is 0 Å². The van der Waals surface area contributed by atoms with Crippen LogP contribution in [0.1, 0.15) is 41.3 Å². The molecule has 5 rings (SSSR count). The summed E-state index contributed by atoms with van der Waals surface area (Å²) in [5.41, 5.74) is 5.19. The fourth-order valence-corrected chi connectivity index (χ4v) is 5.23. The minimum atomic E-state index is 0.151. The Morgan fingerprint density at radius 1 is 1.00 bits per heavy atom. The third kappa shape index (κ3) is 4.96. The molecule has 1 aliphatic heterocycles. The van der Waals surface area contributed by atoms with Crippen LogP contribution >= 0.6 is 11.8 Å². The average molecular weight is 457 g/mol. The molecule has 1 aliphatic rings. The highest BCUT2D eigenvalue weighted by atomic mass is 32.2. The van der Waals surface area contributed by atoms with Crippen molar-refractivity contribution in [2.45, 2.75) is 37.2 Å². The van der Waals surface area contributed by atoms with Crippen LogP contribution in [-0.4, -0.2) is 38.4 Å². The highest BCUT2D eigenvalue weighted by Crippen LogP contribution is 2.28. The van der Waals surface area contributed by atoms with E-state index in [0.717, 1.165) is 65.9 Å². The number of nitrogens with zero attached hydrogens (tertiary/aromatic N) is 4. The molecule has 2 aromatic carbocycles. The van der Waals surface area contributed by atoms with Crippen molar-refractivity contribution < 1.29 is 4.79 Å². The van der Waals surface area contributed by atoms with E-state index in [2.05, 4.69) is 52.9 Å². The number of piperidine rings is 1.